The molecule has 0 spiro atoms. The molecule has 1 aromatic carbocycles. The van der Waals surface area contributed by atoms with Crippen LogP contribution >= 0.6 is 0 Å². The second-order valence-corrected chi connectivity index (χ2v) is 5.90. The van der Waals surface area contributed by atoms with E-state index in [9.17, 15) is 9.90 Å². The van der Waals surface area contributed by atoms with Crippen LogP contribution in [0.5, 0.6) is 0 Å². The van der Waals surface area contributed by atoms with Crippen LogP contribution in [0.15, 0.2) is 28.8 Å². The Kier molecular flexibility index (Phi) is 4.34. The van der Waals surface area contributed by atoms with Crippen molar-refractivity contribution in [3.63, 3.8) is 0 Å². The highest BCUT2D eigenvalue weighted by atomic mass is 16.5. The molecule has 1 aliphatic carbocycles. The number of nitrogens with one attached hydrogen (secondary N) is 2. The van der Waals surface area contributed by atoms with E-state index in [1.54, 1.807) is 0 Å². The minimum Gasteiger partial charge on any atom is -0.390 e. The second-order valence-electron chi connectivity index (χ2n) is 5.90. The van der Waals surface area contributed by atoms with E-state index < -0.39 is 6.10 Å². The number of rotatable bonds is 4. The van der Waals surface area contributed by atoms with Crippen LogP contribution in [-0.2, 0) is 12.8 Å². The molecule has 0 aliphatic heterocycles. The second kappa shape index (κ2) is 6.42. The molecule has 6 heteroatoms. The molecule has 0 saturated carbocycles. The van der Waals surface area contributed by atoms with Gasteiger partial charge in [0.25, 0.3) is 0 Å². The Labute approximate surface area is 134 Å². The van der Waals surface area contributed by atoms with Gasteiger partial charge in [-0.1, -0.05) is 29.4 Å². The number of urea groups is 1. The number of nitrogens with zero attached hydrogens (tertiary/aromatic N) is 1. The molecule has 2 aromatic rings. The van der Waals surface area contributed by atoms with Crippen LogP contribution in [0, 0.1) is 13.8 Å². The van der Waals surface area contributed by atoms with Gasteiger partial charge in [-0.25, -0.2) is 4.79 Å². The van der Waals surface area contributed by atoms with Gasteiger partial charge in [-0.15, -0.1) is 0 Å². The zero-order valence-electron chi connectivity index (χ0n) is 13.3. The van der Waals surface area contributed by atoms with Gasteiger partial charge in [-0.05, 0) is 31.4 Å². The number of benzene rings is 1. The van der Waals surface area contributed by atoms with Gasteiger partial charge in [0.05, 0.1) is 17.8 Å². The largest absolute Gasteiger partial charge is 0.390 e. The Morgan fingerprint density at radius 1 is 1.39 bits per heavy atom. The Bertz CT molecular complexity index is 691. The zero-order valence-corrected chi connectivity index (χ0v) is 13.3. The van der Waals surface area contributed by atoms with Gasteiger partial charge in [-0.3, -0.25) is 0 Å². The number of amides is 2. The summed E-state index contributed by atoms with van der Waals surface area (Å²) < 4.78 is 5.10. The summed E-state index contributed by atoms with van der Waals surface area (Å²) in [5.74, 6) is 0.782. The molecule has 2 atom stereocenters. The Balaban J connectivity index is 1.54. The number of fused-ring (bicyclic) bond motifs is 1. The molecule has 2 unspecified atom stereocenters. The number of hydrogen-bond donors (Lipinski definition) is 3. The lowest BCUT2D eigenvalue weighted by Crippen LogP contribution is -2.41. The first-order valence-corrected chi connectivity index (χ1v) is 7.78. The minimum absolute atomic E-state index is 0.280. The zero-order chi connectivity index (χ0) is 16.4. The fourth-order valence-corrected chi connectivity index (χ4v) is 3.10. The minimum atomic E-state index is -0.583. The van der Waals surface area contributed by atoms with E-state index in [0.29, 0.717) is 19.4 Å². The van der Waals surface area contributed by atoms with Crippen molar-refractivity contribution in [1.82, 2.24) is 15.8 Å². The maximum atomic E-state index is 12.1. The molecule has 0 saturated heterocycles. The molecular formula is C17H21N3O3. The average Bonchev–Trinajstić information content (AvgIpc) is 3.01. The molecule has 2 amide bonds. The van der Waals surface area contributed by atoms with Gasteiger partial charge in [0.15, 0.2) is 0 Å². The van der Waals surface area contributed by atoms with E-state index in [1.807, 2.05) is 38.1 Å². The molecule has 1 aromatic heterocycles. The Hall–Kier alpha value is -2.34. The first-order valence-electron chi connectivity index (χ1n) is 7.78. The molecule has 3 N–H and O–H groups in total. The third-order valence-electron chi connectivity index (χ3n) is 4.33. The molecule has 0 fully saturated rings. The summed E-state index contributed by atoms with van der Waals surface area (Å²) in [4.78, 5) is 12.1. The monoisotopic (exact) mass is 315 g/mol. The fraction of sp³-hybridized carbons (Fsp3) is 0.412. The first-order chi connectivity index (χ1) is 11.1. The van der Waals surface area contributed by atoms with Crippen molar-refractivity contribution in [3.8, 4) is 0 Å². The normalized spacial score (nSPS) is 19.4. The smallest absolute Gasteiger partial charge is 0.315 e. The van der Waals surface area contributed by atoms with Gasteiger partial charge >= 0.3 is 6.03 Å². The van der Waals surface area contributed by atoms with Gasteiger partial charge in [0, 0.05) is 18.5 Å². The number of hydrogen-bond acceptors (Lipinski definition) is 4. The molecule has 0 bridgehead atoms. The number of aromatic nitrogens is 1. The van der Waals surface area contributed by atoms with Crippen molar-refractivity contribution < 1.29 is 14.4 Å². The van der Waals surface area contributed by atoms with Crippen molar-refractivity contribution in [2.24, 2.45) is 0 Å². The van der Waals surface area contributed by atoms with E-state index in [4.69, 9.17) is 4.52 Å². The highest BCUT2D eigenvalue weighted by Crippen LogP contribution is 2.30. The summed E-state index contributed by atoms with van der Waals surface area (Å²) in [6.07, 6.45) is 0.652. The third-order valence-corrected chi connectivity index (χ3v) is 4.33. The number of carbonyl (C=O) groups excluding carboxylic acids is 1. The first kappa shape index (κ1) is 15.6. The van der Waals surface area contributed by atoms with Crippen LogP contribution in [-0.4, -0.2) is 28.9 Å². The van der Waals surface area contributed by atoms with E-state index in [1.165, 1.54) is 0 Å². The molecule has 6 nitrogen and oxygen atoms in total. The number of carbonyl (C=O) groups is 1. The van der Waals surface area contributed by atoms with Crippen LogP contribution in [0.3, 0.4) is 0 Å². The Morgan fingerprint density at radius 3 is 2.91 bits per heavy atom. The lowest BCUT2D eigenvalue weighted by Gasteiger charge is -2.18. The number of aryl methyl sites for hydroxylation is 2. The standard InChI is InChI=1S/C17H21N3O3/c1-10-13(11(2)23-20-10)7-8-18-17(22)19-16-14-6-4-3-5-12(14)9-15(16)21/h3-6,15-16,21H,7-9H2,1-2H3,(H2,18,19,22). The summed E-state index contributed by atoms with van der Waals surface area (Å²) in [5, 5.41) is 19.7. The molecule has 0 radical (unpaired) electrons. The van der Waals surface area contributed by atoms with Crippen molar-refractivity contribution in [2.75, 3.05) is 6.54 Å². The molecule has 122 valence electrons. The molecule has 3 rings (SSSR count). The molecule has 23 heavy (non-hydrogen) atoms. The fourth-order valence-electron chi connectivity index (χ4n) is 3.10. The summed E-state index contributed by atoms with van der Waals surface area (Å²) in [6.45, 7) is 4.23. The molecular weight excluding hydrogens is 294 g/mol. The lowest BCUT2D eigenvalue weighted by molar-refractivity contribution is 0.142. The predicted octanol–water partition coefficient (Wildman–Crippen LogP) is 1.79. The van der Waals surface area contributed by atoms with Crippen LogP contribution < -0.4 is 10.6 Å². The van der Waals surface area contributed by atoms with Gasteiger partial charge in [0.2, 0.25) is 0 Å². The topological polar surface area (TPSA) is 87.4 Å². The highest BCUT2D eigenvalue weighted by molar-refractivity contribution is 5.74. The predicted molar refractivity (Wildman–Crippen MR) is 85.1 cm³/mol. The van der Waals surface area contributed by atoms with E-state index in [2.05, 4.69) is 15.8 Å². The maximum Gasteiger partial charge on any atom is 0.315 e. The summed E-state index contributed by atoms with van der Waals surface area (Å²) in [7, 11) is 0. The summed E-state index contributed by atoms with van der Waals surface area (Å²) >= 11 is 0. The van der Waals surface area contributed by atoms with Crippen molar-refractivity contribution in [1.29, 1.82) is 0 Å². The van der Waals surface area contributed by atoms with Crippen LogP contribution in [0.1, 0.15) is 34.2 Å². The van der Waals surface area contributed by atoms with Gasteiger partial charge in [0.1, 0.15) is 5.76 Å². The number of aliphatic hydroxyl groups is 1. The average molecular weight is 315 g/mol. The maximum absolute atomic E-state index is 12.1. The van der Waals surface area contributed by atoms with Crippen molar-refractivity contribution >= 4 is 6.03 Å². The van der Waals surface area contributed by atoms with Crippen LogP contribution in [0.4, 0.5) is 4.79 Å². The third kappa shape index (κ3) is 3.22. The summed E-state index contributed by atoms with van der Waals surface area (Å²) in [6, 6.07) is 7.15. The van der Waals surface area contributed by atoms with Crippen LogP contribution in [0.25, 0.3) is 0 Å². The van der Waals surface area contributed by atoms with E-state index >= 15 is 0 Å². The molecule has 1 heterocycles. The van der Waals surface area contributed by atoms with Crippen molar-refractivity contribution in [2.45, 2.75) is 38.8 Å². The lowest BCUT2D eigenvalue weighted by atomic mass is 10.1. The SMILES string of the molecule is Cc1noc(C)c1CCNC(=O)NC1c2ccccc2CC1O. The highest BCUT2D eigenvalue weighted by Gasteiger charge is 2.31. The van der Waals surface area contributed by atoms with E-state index in [0.717, 1.165) is 28.1 Å². The van der Waals surface area contributed by atoms with Gasteiger partial charge < -0.3 is 20.3 Å². The van der Waals surface area contributed by atoms with E-state index in [-0.39, 0.29) is 12.1 Å². The van der Waals surface area contributed by atoms with Crippen molar-refractivity contribution in [3.05, 3.63) is 52.4 Å². The quantitative estimate of drug-likeness (QED) is 0.803. The Morgan fingerprint density at radius 2 is 2.17 bits per heavy atom. The summed E-state index contributed by atoms with van der Waals surface area (Å²) in [5.41, 5.74) is 3.95. The number of aliphatic hydroxyl groups excluding tert-OH is 1. The molecule has 1 aliphatic rings. The van der Waals surface area contributed by atoms with Crippen LogP contribution in [0.2, 0.25) is 0 Å². The van der Waals surface area contributed by atoms with Gasteiger partial charge in [-0.2, -0.15) is 0 Å².